The van der Waals surface area contributed by atoms with E-state index in [2.05, 4.69) is 32.9 Å². The van der Waals surface area contributed by atoms with E-state index in [4.69, 9.17) is 10.4 Å². The minimum Gasteiger partial charge on any atom is -0.378 e. The van der Waals surface area contributed by atoms with Crippen LogP contribution in [0.5, 0.6) is 0 Å². The molecule has 52 heavy (non-hydrogen) atoms. The summed E-state index contributed by atoms with van der Waals surface area (Å²) in [5, 5.41) is 30.7. The lowest BCUT2D eigenvalue weighted by Gasteiger charge is -2.23. The largest absolute Gasteiger partial charge is 0.433 e. The first-order chi connectivity index (χ1) is 24.3. The topological polar surface area (TPSA) is 128 Å². The van der Waals surface area contributed by atoms with Gasteiger partial charge in [0, 0.05) is 48.7 Å². The van der Waals surface area contributed by atoms with Gasteiger partial charge in [-0.1, -0.05) is 18.1 Å². The van der Waals surface area contributed by atoms with E-state index in [0.29, 0.717) is 28.5 Å². The van der Waals surface area contributed by atoms with E-state index in [9.17, 15) is 40.6 Å². The zero-order chi connectivity index (χ0) is 38.2. The molecule has 1 atom stereocenters. The lowest BCUT2D eigenvalue weighted by atomic mass is 9.93. The number of nitrogens with zero attached hydrogens (tertiary/aromatic N) is 3. The summed E-state index contributed by atoms with van der Waals surface area (Å²) in [4.78, 5) is 18.2. The highest BCUT2D eigenvalue weighted by Crippen LogP contribution is 2.41. The number of anilines is 1. The number of carbonyl (C=O) groups is 1. The van der Waals surface area contributed by atoms with Gasteiger partial charge in [0.2, 0.25) is 5.91 Å². The van der Waals surface area contributed by atoms with Crippen LogP contribution in [0.15, 0.2) is 59.8 Å². The van der Waals surface area contributed by atoms with Crippen molar-refractivity contribution in [3.8, 4) is 23.0 Å². The number of nitrogens with one attached hydrogen (secondary N) is 4. The number of amides is 1. The van der Waals surface area contributed by atoms with Crippen molar-refractivity contribution in [1.82, 2.24) is 25.4 Å². The second kappa shape index (κ2) is 14.3. The zero-order valence-corrected chi connectivity index (χ0v) is 28.4. The first kappa shape index (κ1) is 37.8. The van der Waals surface area contributed by atoms with E-state index < -0.39 is 77.7 Å². The molecule has 2 aromatic heterocycles. The van der Waals surface area contributed by atoms with Gasteiger partial charge in [-0.15, -0.1) is 0 Å². The van der Waals surface area contributed by atoms with E-state index in [1.807, 2.05) is 6.07 Å². The van der Waals surface area contributed by atoms with Gasteiger partial charge in [0.25, 0.3) is 5.92 Å². The monoisotopic (exact) mass is 729 g/mol. The molecule has 0 fully saturated rings. The first-order valence-corrected chi connectivity index (χ1v) is 15.9. The minimum absolute atomic E-state index is 0.0821. The Morgan fingerprint density at radius 3 is 2.42 bits per heavy atom. The first-order valence-electron chi connectivity index (χ1n) is 15.9. The molecule has 274 valence electrons. The Balaban J connectivity index is 1.63. The van der Waals surface area contributed by atoms with Crippen LogP contribution in [-0.4, -0.2) is 62.8 Å². The van der Waals surface area contributed by atoms with Crippen LogP contribution in [-0.2, 0) is 18.3 Å². The van der Waals surface area contributed by atoms with Crippen molar-refractivity contribution < 1.29 is 40.6 Å². The van der Waals surface area contributed by atoms with Crippen LogP contribution in [0, 0.1) is 28.9 Å². The molecule has 0 spiro atoms. The van der Waals surface area contributed by atoms with E-state index in [0.717, 1.165) is 17.5 Å². The molecule has 2 heterocycles. The molecule has 1 aliphatic rings. The molecule has 1 amide bonds. The van der Waals surface area contributed by atoms with Gasteiger partial charge in [-0.25, -0.2) is 13.8 Å². The molecule has 0 aliphatic heterocycles. The number of hydrogen-bond acceptors (Lipinski definition) is 7. The quantitative estimate of drug-likeness (QED) is 0.0738. The average molecular weight is 730 g/mol. The average Bonchev–Trinajstić information content (AvgIpc) is 3.54. The fourth-order valence-corrected chi connectivity index (χ4v) is 6.00. The molecule has 2 aromatic carbocycles. The lowest BCUT2D eigenvalue weighted by molar-refractivity contribution is -0.121. The molecule has 0 saturated heterocycles. The highest BCUT2D eigenvalue weighted by Gasteiger charge is 2.48. The fourth-order valence-electron chi connectivity index (χ4n) is 6.00. The zero-order valence-electron chi connectivity index (χ0n) is 28.4. The molecular weight excluding hydrogens is 695 g/mol. The summed E-state index contributed by atoms with van der Waals surface area (Å²) in [5.74, 6) is -0.578. The van der Waals surface area contributed by atoms with Crippen molar-refractivity contribution >= 4 is 28.3 Å². The van der Waals surface area contributed by atoms with Gasteiger partial charge in [0.1, 0.15) is 28.6 Å². The number of rotatable bonds is 10. The second-order valence-corrected chi connectivity index (χ2v) is 12.7. The number of halogens is 7. The van der Waals surface area contributed by atoms with Gasteiger partial charge < -0.3 is 21.1 Å². The van der Waals surface area contributed by atoms with E-state index >= 15 is 0 Å². The molecule has 0 bridgehead atoms. The molecule has 0 saturated carbocycles. The standard InChI is InChI=1S/C36H34F7N7O2/c1-34(2,52)12-10-22-8-9-23(24-6-5-7-25-30(24)50(4)49-33(25)45-3)29(47-22)27(16-19-14-20(37)17-21(38)15-19)48-28(51)18-46-32-26(11-13-35(32,39)40)31(44)36(41,42)43/h5-9,14-15,17,27,44,46,52H,11,13,16,18H2,1-4H3,(H,45,49)(H,48,51). The van der Waals surface area contributed by atoms with Gasteiger partial charge in [-0.2, -0.15) is 27.1 Å². The number of hydrogen-bond donors (Lipinski definition) is 5. The Hall–Kier alpha value is -5.43. The molecule has 4 aromatic rings. The third-order valence-corrected chi connectivity index (χ3v) is 8.21. The maximum atomic E-state index is 14.7. The number of allylic oxidation sites excluding steroid dienone is 2. The molecule has 5 N–H and O–H groups in total. The molecule has 1 aliphatic carbocycles. The van der Waals surface area contributed by atoms with Crippen molar-refractivity contribution in [2.24, 2.45) is 7.05 Å². The lowest BCUT2D eigenvalue weighted by Crippen LogP contribution is -2.40. The van der Waals surface area contributed by atoms with Crippen LogP contribution in [0.2, 0.25) is 0 Å². The highest BCUT2D eigenvalue weighted by molar-refractivity contribution is 6.03. The van der Waals surface area contributed by atoms with Gasteiger partial charge >= 0.3 is 6.18 Å². The fraction of sp³-hybridized carbons (Fsp3) is 0.333. The number of para-hydroxylation sites is 1. The number of pyridine rings is 1. The van der Waals surface area contributed by atoms with Crippen LogP contribution < -0.4 is 16.0 Å². The van der Waals surface area contributed by atoms with Gasteiger partial charge in [-0.3, -0.25) is 14.9 Å². The normalized spacial score (nSPS) is 14.9. The highest BCUT2D eigenvalue weighted by atomic mass is 19.4. The minimum atomic E-state index is -5.19. The Labute approximate surface area is 293 Å². The van der Waals surface area contributed by atoms with Gasteiger partial charge in [-0.05, 0) is 68.5 Å². The number of aromatic nitrogens is 3. The van der Waals surface area contributed by atoms with Crippen molar-refractivity contribution in [3.63, 3.8) is 0 Å². The number of alkyl halides is 5. The van der Waals surface area contributed by atoms with E-state index in [1.165, 1.54) is 13.8 Å². The molecule has 0 radical (unpaired) electrons. The van der Waals surface area contributed by atoms with Gasteiger partial charge in [0.05, 0.1) is 29.5 Å². The van der Waals surface area contributed by atoms with Crippen LogP contribution in [0.3, 0.4) is 0 Å². The van der Waals surface area contributed by atoms with Crippen molar-refractivity contribution in [1.29, 1.82) is 5.41 Å². The molecule has 9 nitrogen and oxygen atoms in total. The molecular formula is C36H34F7N7O2. The van der Waals surface area contributed by atoms with Crippen LogP contribution in [0.1, 0.15) is 49.7 Å². The van der Waals surface area contributed by atoms with Crippen LogP contribution in [0.4, 0.5) is 36.6 Å². The summed E-state index contributed by atoms with van der Waals surface area (Å²) >= 11 is 0. The summed E-state index contributed by atoms with van der Waals surface area (Å²) in [6.07, 6.45) is -7.19. The number of aryl methyl sites for hydroxylation is 1. The Morgan fingerprint density at radius 1 is 1.10 bits per heavy atom. The third-order valence-electron chi connectivity index (χ3n) is 8.21. The maximum Gasteiger partial charge on any atom is 0.433 e. The predicted octanol–water partition coefficient (Wildman–Crippen LogP) is 6.33. The second-order valence-electron chi connectivity index (χ2n) is 12.7. The Morgan fingerprint density at radius 2 is 1.79 bits per heavy atom. The predicted molar refractivity (Wildman–Crippen MR) is 181 cm³/mol. The SMILES string of the molecule is CNc1nn(C)c2c(-c3ccc(C#CC(C)(C)O)nc3C(Cc3cc(F)cc(F)c3)NC(=O)CNC3=C(C(=N)C(F)(F)F)CCC3(F)F)cccc12. The van der Waals surface area contributed by atoms with E-state index in [1.54, 1.807) is 43.0 Å². The molecule has 1 unspecified atom stereocenters. The smallest absolute Gasteiger partial charge is 0.378 e. The number of benzene rings is 2. The number of aliphatic hydroxyl groups is 1. The molecule has 16 heteroatoms. The van der Waals surface area contributed by atoms with Crippen molar-refractivity contribution in [3.05, 3.63) is 88.4 Å². The molecule has 5 rings (SSSR count). The third kappa shape index (κ3) is 8.37. The van der Waals surface area contributed by atoms with Crippen LogP contribution in [0.25, 0.3) is 22.0 Å². The summed E-state index contributed by atoms with van der Waals surface area (Å²) in [7, 11) is 3.41. The Kier molecular flexibility index (Phi) is 10.4. The Bertz CT molecular complexity index is 2120. The number of fused-ring (bicyclic) bond motifs is 1. The van der Waals surface area contributed by atoms with Crippen LogP contribution >= 0.6 is 0 Å². The number of carbonyl (C=O) groups excluding carboxylic acids is 1. The summed E-state index contributed by atoms with van der Waals surface area (Å²) < 4.78 is 99.8. The summed E-state index contributed by atoms with van der Waals surface area (Å²) in [6, 6.07) is 10.1. The van der Waals surface area contributed by atoms with Gasteiger partial charge in [0.15, 0.2) is 5.82 Å². The summed E-state index contributed by atoms with van der Waals surface area (Å²) in [6.45, 7) is 1.97. The van der Waals surface area contributed by atoms with E-state index in [-0.39, 0.29) is 23.4 Å². The van der Waals surface area contributed by atoms with Crippen molar-refractivity contribution in [2.45, 2.75) is 56.9 Å². The van der Waals surface area contributed by atoms with Crippen molar-refractivity contribution in [2.75, 3.05) is 18.9 Å². The summed E-state index contributed by atoms with van der Waals surface area (Å²) in [5.41, 5.74) is -3.50. The maximum absolute atomic E-state index is 14.7.